The molecule has 92 valence electrons. The second-order valence-electron chi connectivity index (χ2n) is 4.89. The smallest absolute Gasteiger partial charge is 0.240 e. The summed E-state index contributed by atoms with van der Waals surface area (Å²) in [5.74, 6) is 0.267. The molecule has 4 nitrogen and oxygen atoms in total. The molecule has 0 radical (unpaired) electrons. The van der Waals surface area contributed by atoms with Gasteiger partial charge in [-0.05, 0) is 38.6 Å². The number of nitrogens with zero attached hydrogens (tertiary/aromatic N) is 1. The second-order valence-corrected chi connectivity index (χ2v) is 4.89. The SMILES string of the molecule is CCNC1CCN(C2CCC(O)CC2)C1=O. The summed E-state index contributed by atoms with van der Waals surface area (Å²) >= 11 is 0. The van der Waals surface area contributed by atoms with Crippen molar-refractivity contribution in [1.82, 2.24) is 10.2 Å². The lowest BCUT2D eigenvalue weighted by Gasteiger charge is -2.33. The summed E-state index contributed by atoms with van der Waals surface area (Å²) < 4.78 is 0. The van der Waals surface area contributed by atoms with Gasteiger partial charge in [-0.15, -0.1) is 0 Å². The third kappa shape index (κ3) is 2.38. The maximum Gasteiger partial charge on any atom is 0.240 e. The Morgan fingerprint density at radius 1 is 1.31 bits per heavy atom. The Morgan fingerprint density at radius 2 is 2.00 bits per heavy atom. The molecular weight excluding hydrogens is 204 g/mol. The standard InChI is InChI=1S/C12H22N2O2/c1-2-13-11-7-8-14(12(11)16)9-3-5-10(15)6-4-9/h9-11,13,15H,2-8H2,1H3. The van der Waals surface area contributed by atoms with Crippen molar-refractivity contribution in [1.29, 1.82) is 0 Å². The van der Waals surface area contributed by atoms with Crippen molar-refractivity contribution in [3.8, 4) is 0 Å². The van der Waals surface area contributed by atoms with Gasteiger partial charge in [0.25, 0.3) is 0 Å². The van der Waals surface area contributed by atoms with Crippen LogP contribution in [0.5, 0.6) is 0 Å². The number of carbonyl (C=O) groups is 1. The first kappa shape index (κ1) is 11.9. The van der Waals surface area contributed by atoms with E-state index in [1.54, 1.807) is 0 Å². The first-order valence-corrected chi connectivity index (χ1v) is 6.44. The first-order chi connectivity index (χ1) is 7.72. The Bertz CT molecular complexity index is 249. The van der Waals surface area contributed by atoms with Crippen molar-refractivity contribution in [3.05, 3.63) is 0 Å². The minimum Gasteiger partial charge on any atom is -0.393 e. The lowest BCUT2D eigenvalue weighted by Crippen LogP contribution is -2.44. The van der Waals surface area contributed by atoms with E-state index in [9.17, 15) is 9.90 Å². The monoisotopic (exact) mass is 226 g/mol. The summed E-state index contributed by atoms with van der Waals surface area (Å²) in [5, 5.41) is 12.7. The minimum absolute atomic E-state index is 0.0387. The van der Waals surface area contributed by atoms with Gasteiger partial charge in [0.15, 0.2) is 0 Å². The molecule has 0 aromatic heterocycles. The number of aliphatic hydroxyl groups excluding tert-OH is 1. The number of carbonyl (C=O) groups excluding carboxylic acids is 1. The fourth-order valence-electron chi connectivity index (χ4n) is 2.87. The van der Waals surface area contributed by atoms with Crippen LogP contribution in [-0.4, -0.2) is 47.2 Å². The van der Waals surface area contributed by atoms with E-state index in [4.69, 9.17) is 0 Å². The lowest BCUT2D eigenvalue weighted by molar-refractivity contribution is -0.132. The van der Waals surface area contributed by atoms with Crippen molar-refractivity contribution < 1.29 is 9.90 Å². The van der Waals surface area contributed by atoms with Gasteiger partial charge in [-0.2, -0.15) is 0 Å². The van der Waals surface area contributed by atoms with Crippen LogP contribution in [0.2, 0.25) is 0 Å². The number of hydrogen-bond donors (Lipinski definition) is 2. The Balaban J connectivity index is 1.89. The fraction of sp³-hybridized carbons (Fsp3) is 0.917. The highest BCUT2D eigenvalue weighted by Gasteiger charge is 2.36. The van der Waals surface area contributed by atoms with E-state index in [0.29, 0.717) is 6.04 Å². The molecule has 1 aliphatic carbocycles. The third-order valence-corrected chi connectivity index (χ3v) is 3.80. The lowest BCUT2D eigenvalue weighted by atomic mass is 9.92. The molecule has 0 aromatic rings. The molecule has 1 aliphatic heterocycles. The van der Waals surface area contributed by atoms with Crippen LogP contribution in [0.4, 0.5) is 0 Å². The molecule has 2 rings (SSSR count). The topological polar surface area (TPSA) is 52.6 Å². The van der Waals surface area contributed by atoms with Crippen LogP contribution < -0.4 is 5.32 Å². The Kier molecular flexibility index (Phi) is 3.82. The molecule has 1 unspecified atom stereocenters. The van der Waals surface area contributed by atoms with Crippen LogP contribution in [0.1, 0.15) is 39.0 Å². The summed E-state index contributed by atoms with van der Waals surface area (Å²) in [6, 6.07) is 0.413. The molecule has 1 amide bonds. The zero-order chi connectivity index (χ0) is 11.5. The molecule has 1 saturated heterocycles. The van der Waals surface area contributed by atoms with Gasteiger partial charge in [-0.25, -0.2) is 0 Å². The van der Waals surface area contributed by atoms with Crippen molar-refractivity contribution in [2.24, 2.45) is 0 Å². The zero-order valence-electron chi connectivity index (χ0n) is 9.98. The van der Waals surface area contributed by atoms with E-state index < -0.39 is 0 Å². The predicted molar refractivity (Wildman–Crippen MR) is 62.1 cm³/mol. The van der Waals surface area contributed by atoms with E-state index in [1.165, 1.54) is 0 Å². The highest BCUT2D eigenvalue weighted by Crippen LogP contribution is 2.26. The quantitative estimate of drug-likeness (QED) is 0.737. The predicted octanol–water partition coefficient (Wildman–Crippen LogP) is 0.500. The Morgan fingerprint density at radius 3 is 2.62 bits per heavy atom. The molecule has 0 bridgehead atoms. The molecule has 2 aliphatic rings. The highest BCUT2D eigenvalue weighted by molar-refractivity contribution is 5.84. The molecule has 0 aromatic carbocycles. The minimum atomic E-state index is -0.140. The van der Waals surface area contributed by atoms with Crippen LogP contribution in [-0.2, 0) is 4.79 Å². The van der Waals surface area contributed by atoms with Gasteiger partial charge in [-0.3, -0.25) is 4.79 Å². The summed E-state index contributed by atoms with van der Waals surface area (Å²) in [4.78, 5) is 14.1. The zero-order valence-corrected chi connectivity index (χ0v) is 9.98. The van der Waals surface area contributed by atoms with Crippen molar-refractivity contribution in [2.45, 2.75) is 57.2 Å². The van der Waals surface area contributed by atoms with Gasteiger partial charge >= 0.3 is 0 Å². The number of likely N-dealkylation sites (tertiary alicyclic amines) is 1. The number of amides is 1. The summed E-state index contributed by atoms with van der Waals surface area (Å²) in [7, 11) is 0. The van der Waals surface area contributed by atoms with Crippen LogP contribution in [0, 0.1) is 0 Å². The van der Waals surface area contributed by atoms with E-state index in [0.717, 1.165) is 45.2 Å². The van der Waals surface area contributed by atoms with Crippen LogP contribution in [0.3, 0.4) is 0 Å². The molecule has 1 saturated carbocycles. The number of likely N-dealkylation sites (N-methyl/N-ethyl adjacent to an activating group) is 1. The number of aliphatic hydroxyl groups is 1. The first-order valence-electron chi connectivity index (χ1n) is 6.44. The van der Waals surface area contributed by atoms with Crippen LogP contribution in [0.15, 0.2) is 0 Å². The van der Waals surface area contributed by atoms with Gasteiger partial charge in [0.05, 0.1) is 12.1 Å². The molecule has 1 atom stereocenters. The molecule has 4 heteroatoms. The average molecular weight is 226 g/mol. The van der Waals surface area contributed by atoms with Crippen LogP contribution in [0.25, 0.3) is 0 Å². The number of rotatable bonds is 3. The molecule has 0 spiro atoms. The van der Waals surface area contributed by atoms with Gasteiger partial charge < -0.3 is 15.3 Å². The van der Waals surface area contributed by atoms with E-state index >= 15 is 0 Å². The summed E-state index contributed by atoms with van der Waals surface area (Å²) in [6.07, 6.45) is 4.42. The van der Waals surface area contributed by atoms with Gasteiger partial charge in [0, 0.05) is 12.6 Å². The molecule has 16 heavy (non-hydrogen) atoms. The number of nitrogens with one attached hydrogen (secondary N) is 1. The van der Waals surface area contributed by atoms with Gasteiger partial charge in [0.2, 0.25) is 5.91 Å². The molecular formula is C12H22N2O2. The summed E-state index contributed by atoms with van der Waals surface area (Å²) in [5.41, 5.74) is 0. The van der Waals surface area contributed by atoms with E-state index in [-0.39, 0.29) is 18.1 Å². The third-order valence-electron chi connectivity index (χ3n) is 3.80. The molecule has 2 fully saturated rings. The highest BCUT2D eigenvalue weighted by atomic mass is 16.3. The fourth-order valence-corrected chi connectivity index (χ4v) is 2.87. The Labute approximate surface area is 97.0 Å². The second kappa shape index (κ2) is 5.15. The number of hydrogen-bond acceptors (Lipinski definition) is 3. The van der Waals surface area contributed by atoms with Gasteiger partial charge in [-0.1, -0.05) is 6.92 Å². The van der Waals surface area contributed by atoms with Gasteiger partial charge in [0.1, 0.15) is 0 Å². The van der Waals surface area contributed by atoms with Crippen molar-refractivity contribution >= 4 is 5.91 Å². The maximum atomic E-state index is 12.1. The molecule has 1 heterocycles. The average Bonchev–Trinajstić information content (AvgIpc) is 2.63. The van der Waals surface area contributed by atoms with Crippen molar-refractivity contribution in [2.75, 3.05) is 13.1 Å². The Hall–Kier alpha value is -0.610. The largest absolute Gasteiger partial charge is 0.393 e. The van der Waals surface area contributed by atoms with Crippen molar-refractivity contribution in [3.63, 3.8) is 0 Å². The molecule has 2 N–H and O–H groups in total. The van der Waals surface area contributed by atoms with Crippen LogP contribution >= 0.6 is 0 Å². The normalized spacial score (nSPS) is 35.8. The maximum absolute atomic E-state index is 12.1. The van der Waals surface area contributed by atoms with E-state index in [2.05, 4.69) is 5.32 Å². The van der Waals surface area contributed by atoms with E-state index in [1.807, 2.05) is 11.8 Å². The summed E-state index contributed by atoms with van der Waals surface area (Å²) in [6.45, 7) is 3.78.